The predicted molar refractivity (Wildman–Crippen MR) is 71.8 cm³/mol. The minimum atomic E-state index is -0.603. The van der Waals surface area contributed by atoms with Crippen molar-refractivity contribution in [2.75, 3.05) is 19.7 Å². The molecule has 0 aromatic heterocycles. The third kappa shape index (κ3) is 1.79. The second-order valence-corrected chi connectivity index (χ2v) is 6.26. The van der Waals surface area contributed by atoms with E-state index in [1.165, 1.54) is 0 Å². The molecule has 0 N–H and O–H groups in total. The summed E-state index contributed by atoms with van der Waals surface area (Å²) in [6, 6.07) is 0. The van der Waals surface area contributed by atoms with Crippen molar-refractivity contribution in [1.29, 1.82) is 0 Å². The Labute approximate surface area is 118 Å². The number of ether oxygens (including phenoxy) is 2. The Morgan fingerprint density at radius 1 is 1.60 bits per heavy atom. The van der Waals surface area contributed by atoms with E-state index in [9.17, 15) is 9.59 Å². The first-order valence-corrected chi connectivity index (χ1v) is 7.31. The van der Waals surface area contributed by atoms with Gasteiger partial charge in [0.25, 0.3) is 0 Å². The lowest BCUT2D eigenvalue weighted by Crippen LogP contribution is -2.40. The van der Waals surface area contributed by atoms with E-state index in [0.29, 0.717) is 25.6 Å². The maximum Gasteiger partial charge on any atom is 0.312 e. The summed E-state index contributed by atoms with van der Waals surface area (Å²) in [6.45, 7) is 7.52. The smallest absolute Gasteiger partial charge is 0.312 e. The van der Waals surface area contributed by atoms with Crippen LogP contribution in [0.4, 0.5) is 0 Å². The van der Waals surface area contributed by atoms with Gasteiger partial charge < -0.3 is 14.4 Å². The van der Waals surface area contributed by atoms with Gasteiger partial charge in [0.1, 0.15) is 11.5 Å². The van der Waals surface area contributed by atoms with Gasteiger partial charge >= 0.3 is 5.97 Å². The molecule has 0 aliphatic carbocycles. The molecule has 0 aromatic carbocycles. The van der Waals surface area contributed by atoms with Crippen LogP contribution in [0.5, 0.6) is 0 Å². The first-order valence-electron chi connectivity index (χ1n) is 7.31. The molecule has 20 heavy (non-hydrogen) atoms. The van der Waals surface area contributed by atoms with Crippen molar-refractivity contribution in [2.24, 2.45) is 17.8 Å². The van der Waals surface area contributed by atoms with Crippen molar-refractivity contribution >= 4 is 11.9 Å². The summed E-state index contributed by atoms with van der Waals surface area (Å²) >= 11 is 0. The summed E-state index contributed by atoms with van der Waals surface area (Å²) in [4.78, 5) is 26.6. The fourth-order valence-corrected chi connectivity index (χ4v) is 3.68. The van der Waals surface area contributed by atoms with Crippen molar-refractivity contribution in [2.45, 2.75) is 32.5 Å². The largest absolute Gasteiger partial charge is 0.466 e. The van der Waals surface area contributed by atoms with E-state index in [1.807, 2.05) is 17.1 Å². The number of esters is 1. The predicted octanol–water partition coefficient (Wildman–Crippen LogP) is 0.987. The molecular formula is C15H21NO4. The third-order valence-corrected chi connectivity index (χ3v) is 4.32. The molecule has 2 bridgehead atoms. The van der Waals surface area contributed by atoms with Gasteiger partial charge in [0, 0.05) is 6.54 Å². The molecule has 4 atom stereocenters. The van der Waals surface area contributed by atoms with Gasteiger partial charge in [-0.1, -0.05) is 26.0 Å². The van der Waals surface area contributed by atoms with Gasteiger partial charge in [-0.2, -0.15) is 0 Å². The van der Waals surface area contributed by atoms with Crippen molar-refractivity contribution in [1.82, 2.24) is 4.90 Å². The number of amides is 1. The number of carbonyl (C=O) groups is 2. The minimum absolute atomic E-state index is 0.0311. The molecule has 1 amide bonds. The molecule has 1 spiro atoms. The Bertz CT molecular complexity index is 472. The van der Waals surface area contributed by atoms with Crippen LogP contribution in [0.2, 0.25) is 0 Å². The normalized spacial score (nSPS) is 37.9. The Hall–Kier alpha value is -1.36. The Balaban J connectivity index is 1.87. The van der Waals surface area contributed by atoms with E-state index in [2.05, 4.69) is 13.8 Å². The first-order chi connectivity index (χ1) is 9.48. The second-order valence-electron chi connectivity index (χ2n) is 6.26. The summed E-state index contributed by atoms with van der Waals surface area (Å²) in [5.41, 5.74) is -0.603. The number of nitrogens with zero attached hydrogens (tertiary/aromatic N) is 1. The second kappa shape index (κ2) is 4.58. The van der Waals surface area contributed by atoms with Crippen molar-refractivity contribution in [3.05, 3.63) is 12.2 Å². The monoisotopic (exact) mass is 279 g/mol. The van der Waals surface area contributed by atoms with Crippen LogP contribution < -0.4 is 0 Å². The zero-order chi connectivity index (χ0) is 14.5. The summed E-state index contributed by atoms with van der Waals surface area (Å²) in [6.07, 6.45) is 3.57. The quantitative estimate of drug-likeness (QED) is 0.569. The molecule has 2 fully saturated rings. The van der Waals surface area contributed by atoms with Crippen molar-refractivity contribution < 1.29 is 19.1 Å². The van der Waals surface area contributed by atoms with E-state index >= 15 is 0 Å². The van der Waals surface area contributed by atoms with Crippen LogP contribution in [-0.4, -0.2) is 48.2 Å². The molecule has 5 heteroatoms. The van der Waals surface area contributed by atoms with Crippen molar-refractivity contribution in [3.8, 4) is 0 Å². The van der Waals surface area contributed by atoms with Gasteiger partial charge in [0.2, 0.25) is 5.91 Å². The highest BCUT2D eigenvalue weighted by molar-refractivity contribution is 5.91. The molecular weight excluding hydrogens is 258 g/mol. The SMILES string of the molecule is CCOC(=O)[C@H]1[C@@H]2C=C[C@]3(CN(CC(C)C)C(=O)[C@H]13)O2. The van der Waals surface area contributed by atoms with E-state index in [1.54, 1.807) is 6.92 Å². The summed E-state index contributed by atoms with van der Waals surface area (Å²) < 4.78 is 11.1. The minimum Gasteiger partial charge on any atom is -0.466 e. The molecule has 0 unspecified atom stereocenters. The van der Waals surface area contributed by atoms with Crippen LogP contribution in [0.3, 0.4) is 0 Å². The van der Waals surface area contributed by atoms with E-state index < -0.39 is 17.4 Å². The molecule has 3 rings (SSSR count). The number of hydrogen-bond acceptors (Lipinski definition) is 4. The van der Waals surface area contributed by atoms with Gasteiger partial charge in [-0.3, -0.25) is 9.59 Å². The Kier molecular flexibility index (Phi) is 3.12. The highest BCUT2D eigenvalue weighted by Crippen LogP contribution is 2.52. The summed E-state index contributed by atoms with van der Waals surface area (Å²) in [7, 11) is 0. The van der Waals surface area contributed by atoms with Gasteiger partial charge in [-0.25, -0.2) is 0 Å². The highest BCUT2D eigenvalue weighted by Gasteiger charge is 2.67. The molecule has 0 aromatic rings. The molecule has 0 radical (unpaired) electrons. The highest BCUT2D eigenvalue weighted by atomic mass is 16.6. The molecule has 2 saturated heterocycles. The lowest BCUT2D eigenvalue weighted by atomic mass is 9.77. The summed E-state index contributed by atoms with van der Waals surface area (Å²) in [5, 5.41) is 0. The molecule has 5 nitrogen and oxygen atoms in total. The lowest BCUT2D eigenvalue weighted by molar-refractivity contribution is -0.153. The van der Waals surface area contributed by atoms with Gasteiger partial charge in [-0.15, -0.1) is 0 Å². The van der Waals surface area contributed by atoms with Crippen LogP contribution >= 0.6 is 0 Å². The van der Waals surface area contributed by atoms with Gasteiger partial charge in [0.15, 0.2) is 0 Å². The number of rotatable bonds is 4. The Morgan fingerprint density at radius 3 is 3.00 bits per heavy atom. The van der Waals surface area contributed by atoms with Crippen molar-refractivity contribution in [3.63, 3.8) is 0 Å². The van der Waals surface area contributed by atoms with E-state index in [-0.39, 0.29) is 18.0 Å². The number of fused-ring (bicyclic) bond motifs is 1. The molecule has 0 saturated carbocycles. The standard InChI is InChI=1S/C15H21NO4/c1-4-19-14(18)11-10-5-6-15(20-10)8-16(7-9(2)3)13(17)12(11)15/h5-6,9-12H,4,7-8H2,1-3H3/t10-,11-,12-,15+/m0/s1. The average molecular weight is 279 g/mol. The van der Waals surface area contributed by atoms with Gasteiger partial charge in [-0.05, 0) is 12.8 Å². The number of likely N-dealkylation sites (tertiary alicyclic amines) is 1. The maximum atomic E-state index is 12.6. The number of hydrogen-bond donors (Lipinski definition) is 0. The topological polar surface area (TPSA) is 55.8 Å². The fraction of sp³-hybridized carbons (Fsp3) is 0.733. The zero-order valence-electron chi connectivity index (χ0n) is 12.2. The maximum absolute atomic E-state index is 12.6. The lowest BCUT2D eigenvalue weighted by Gasteiger charge is -2.22. The molecule has 3 heterocycles. The van der Waals surface area contributed by atoms with E-state index in [0.717, 1.165) is 0 Å². The fourth-order valence-electron chi connectivity index (χ4n) is 3.68. The zero-order valence-corrected chi connectivity index (χ0v) is 12.2. The van der Waals surface area contributed by atoms with Crippen LogP contribution in [0, 0.1) is 17.8 Å². The number of carbonyl (C=O) groups excluding carboxylic acids is 2. The molecule has 3 aliphatic heterocycles. The average Bonchev–Trinajstić information content (AvgIpc) is 2.98. The van der Waals surface area contributed by atoms with Crippen LogP contribution in [0.15, 0.2) is 12.2 Å². The van der Waals surface area contributed by atoms with Crippen LogP contribution in [0.25, 0.3) is 0 Å². The Morgan fingerprint density at radius 2 is 2.35 bits per heavy atom. The third-order valence-electron chi connectivity index (χ3n) is 4.32. The van der Waals surface area contributed by atoms with Crippen LogP contribution in [0.1, 0.15) is 20.8 Å². The molecule has 3 aliphatic rings. The molecule has 110 valence electrons. The summed E-state index contributed by atoms with van der Waals surface area (Å²) in [5.74, 6) is -0.770. The van der Waals surface area contributed by atoms with Gasteiger partial charge in [0.05, 0.1) is 25.2 Å². The van der Waals surface area contributed by atoms with E-state index in [4.69, 9.17) is 9.47 Å². The first kappa shape index (κ1) is 13.6. The van der Waals surface area contributed by atoms with Crippen LogP contribution in [-0.2, 0) is 19.1 Å².